The smallest absolute Gasteiger partial charge is 0.264 e. The summed E-state index contributed by atoms with van der Waals surface area (Å²) in [7, 11) is 3.75. The lowest BCUT2D eigenvalue weighted by molar-refractivity contribution is -0.0371. The van der Waals surface area contributed by atoms with Crippen molar-refractivity contribution in [3.63, 3.8) is 0 Å². The molecule has 12 heavy (non-hydrogen) atoms. The molecule has 74 valence electrons. The fourth-order valence-electron chi connectivity index (χ4n) is 0.881. The summed E-state index contributed by atoms with van der Waals surface area (Å²) in [5, 5.41) is 8.94. The lowest BCUT2D eigenvalue weighted by Crippen LogP contribution is -2.28. The minimum absolute atomic E-state index is 0.340. The number of rotatable bonds is 5. The van der Waals surface area contributed by atoms with Gasteiger partial charge in [-0.2, -0.15) is 0 Å². The van der Waals surface area contributed by atoms with Crippen molar-refractivity contribution in [2.24, 2.45) is 5.92 Å². The monoisotopic (exact) mass is 181 g/mol. The Morgan fingerprint density at radius 1 is 1.33 bits per heavy atom. The molecule has 0 rings (SSSR count). The number of alkyl halides is 2. The molecule has 0 fully saturated rings. The highest BCUT2D eigenvalue weighted by molar-refractivity contribution is 4.67. The summed E-state index contributed by atoms with van der Waals surface area (Å²) < 4.78 is 23.9. The molecule has 0 aromatic heterocycles. The normalized spacial score (nSPS) is 17.0. The zero-order chi connectivity index (χ0) is 9.72. The van der Waals surface area contributed by atoms with Gasteiger partial charge in [-0.25, -0.2) is 8.78 Å². The van der Waals surface area contributed by atoms with Crippen LogP contribution in [0.15, 0.2) is 0 Å². The minimum Gasteiger partial charge on any atom is -0.387 e. The third kappa shape index (κ3) is 4.62. The predicted molar refractivity (Wildman–Crippen MR) is 44.3 cm³/mol. The standard InChI is InChI=1S/C8H17F2NO/c1-6(4-5-11(2)3)7(12)8(9)10/h6-8,12H,4-5H2,1-3H3. The first-order valence-electron chi connectivity index (χ1n) is 4.06. The van der Waals surface area contributed by atoms with Gasteiger partial charge in [-0.05, 0) is 33.0 Å². The molecule has 0 saturated heterocycles. The Balaban J connectivity index is 3.64. The Kier molecular flexibility index (Phi) is 5.33. The molecule has 0 spiro atoms. The second-order valence-electron chi connectivity index (χ2n) is 3.39. The second-order valence-corrected chi connectivity index (χ2v) is 3.39. The molecule has 2 atom stereocenters. The van der Waals surface area contributed by atoms with E-state index in [4.69, 9.17) is 5.11 Å². The minimum atomic E-state index is -2.62. The lowest BCUT2D eigenvalue weighted by Gasteiger charge is -2.19. The van der Waals surface area contributed by atoms with Crippen LogP contribution < -0.4 is 0 Å². The van der Waals surface area contributed by atoms with Crippen LogP contribution in [0.3, 0.4) is 0 Å². The number of aliphatic hydroxyl groups is 1. The average Bonchev–Trinajstić information content (AvgIpc) is 1.98. The molecule has 1 N–H and O–H groups in total. The zero-order valence-electron chi connectivity index (χ0n) is 7.80. The first-order chi connectivity index (χ1) is 5.45. The number of aliphatic hydroxyl groups excluding tert-OH is 1. The molecule has 0 radical (unpaired) electrons. The topological polar surface area (TPSA) is 23.5 Å². The van der Waals surface area contributed by atoms with Gasteiger partial charge in [0.1, 0.15) is 6.10 Å². The van der Waals surface area contributed by atoms with Gasteiger partial charge in [-0.1, -0.05) is 6.92 Å². The summed E-state index contributed by atoms with van der Waals surface area (Å²) in [5.41, 5.74) is 0. The second kappa shape index (κ2) is 5.43. The van der Waals surface area contributed by atoms with Gasteiger partial charge in [0.2, 0.25) is 0 Å². The molecule has 0 amide bonds. The van der Waals surface area contributed by atoms with Gasteiger partial charge in [-0.3, -0.25) is 0 Å². The molecule has 0 aliphatic carbocycles. The van der Waals surface area contributed by atoms with E-state index in [0.717, 1.165) is 6.54 Å². The maximum atomic E-state index is 11.9. The van der Waals surface area contributed by atoms with E-state index in [1.54, 1.807) is 6.92 Å². The fraction of sp³-hybridized carbons (Fsp3) is 1.00. The molecule has 0 aromatic carbocycles. The molecule has 0 saturated carbocycles. The van der Waals surface area contributed by atoms with E-state index in [-0.39, 0.29) is 5.92 Å². The maximum Gasteiger partial charge on any atom is 0.264 e. The third-order valence-electron chi connectivity index (χ3n) is 1.87. The van der Waals surface area contributed by atoms with Crippen LogP contribution in [0.4, 0.5) is 8.78 Å². The molecule has 4 heteroatoms. The molecule has 2 nitrogen and oxygen atoms in total. The van der Waals surface area contributed by atoms with Crippen molar-refractivity contribution < 1.29 is 13.9 Å². The van der Waals surface area contributed by atoms with E-state index in [9.17, 15) is 8.78 Å². The van der Waals surface area contributed by atoms with Gasteiger partial charge >= 0.3 is 0 Å². The third-order valence-corrected chi connectivity index (χ3v) is 1.87. The van der Waals surface area contributed by atoms with Crippen molar-refractivity contribution in [2.75, 3.05) is 20.6 Å². The Labute approximate surface area is 72.2 Å². The van der Waals surface area contributed by atoms with Gasteiger partial charge in [-0.15, -0.1) is 0 Å². The molecule has 2 unspecified atom stereocenters. The van der Waals surface area contributed by atoms with E-state index in [1.807, 2.05) is 19.0 Å². The summed E-state index contributed by atoms with van der Waals surface area (Å²) in [6.45, 7) is 2.37. The molecular formula is C8H17F2NO. The Bertz CT molecular complexity index is 120. The SMILES string of the molecule is CC(CCN(C)C)C(O)C(F)F. The van der Waals surface area contributed by atoms with Gasteiger partial charge in [0.05, 0.1) is 0 Å². The van der Waals surface area contributed by atoms with E-state index in [1.165, 1.54) is 0 Å². The molecular weight excluding hydrogens is 164 g/mol. The summed E-state index contributed by atoms with van der Waals surface area (Å²) in [6, 6.07) is 0. The molecule has 0 aliphatic rings. The van der Waals surface area contributed by atoms with E-state index < -0.39 is 12.5 Å². The number of hydrogen-bond acceptors (Lipinski definition) is 2. The Hall–Kier alpha value is -0.220. The predicted octanol–water partition coefficient (Wildman–Crippen LogP) is 1.20. The van der Waals surface area contributed by atoms with Crippen LogP contribution in [0.25, 0.3) is 0 Å². The first-order valence-corrected chi connectivity index (χ1v) is 4.06. The largest absolute Gasteiger partial charge is 0.387 e. The number of nitrogens with zero attached hydrogens (tertiary/aromatic N) is 1. The highest BCUT2D eigenvalue weighted by Crippen LogP contribution is 2.14. The fourth-order valence-corrected chi connectivity index (χ4v) is 0.881. The molecule has 0 bridgehead atoms. The van der Waals surface area contributed by atoms with Crippen molar-refractivity contribution >= 4 is 0 Å². The van der Waals surface area contributed by atoms with Crippen LogP contribution >= 0.6 is 0 Å². The van der Waals surface area contributed by atoms with Crippen LogP contribution in [0.5, 0.6) is 0 Å². The van der Waals surface area contributed by atoms with Gasteiger partial charge in [0.25, 0.3) is 6.43 Å². The van der Waals surface area contributed by atoms with Crippen molar-refractivity contribution in [1.82, 2.24) is 4.90 Å². The Morgan fingerprint density at radius 2 is 1.83 bits per heavy atom. The number of hydrogen-bond donors (Lipinski definition) is 1. The number of halogens is 2. The van der Waals surface area contributed by atoms with Crippen LogP contribution in [0.1, 0.15) is 13.3 Å². The molecule has 0 heterocycles. The van der Waals surface area contributed by atoms with E-state index in [2.05, 4.69) is 0 Å². The molecule has 0 aliphatic heterocycles. The van der Waals surface area contributed by atoms with Crippen molar-refractivity contribution in [3.8, 4) is 0 Å². The highest BCUT2D eigenvalue weighted by atomic mass is 19.3. The summed E-state index contributed by atoms with van der Waals surface area (Å²) in [4.78, 5) is 1.91. The van der Waals surface area contributed by atoms with Crippen LogP contribution in [0, 0.1) is 5.92 Å². The lowest BCUT2D eigenvalue weighted by atomic mass is 10.0. The van der Waals surface area contributed by atoms with Crippen LogP contribution in [-0.2, 0) is 0 Å². The van der Waals surface area contributed by atoms with Crippen LogP contribution in [0.2, 0.25) is 0 Å². The van der Waals surface area contributed by atoms with Crippen molar-refractivity contribution in [3.05, 3.63) is 0 Å². The summed E-state index contributed by atoms with van der Waals surface area (Å²) >= 11 is 0. The molecule has 0 aromatic rings. The van der Waals surface area contributed by atoms with Gasteiger partial charge in [0.15, 0.2) is 0 Å². The van der Waals surface area contributed by atoms with Crippen molar-refractivity contribution in [1.29, 1.82) is 0 Å². The highest BCUT2D eigenvalue weighted by Gasteiger charge is 2.23. The summed E-state index contributed by atoms with van der Waals surface area (Å²) in [5.74, 6) is -0.340. The van der Waals surface area contributed by atoms with Gasteiger partial charge < -0.3 is 10.0 Å². The van der Waals surface area contributed by atoms with Crippen molar-refractivity contribution in [2.45, 2.75) is 25.9 Å². The quantitative estimate of drug-likeness (QED) is 0.689. The average molecular weight is 181 g/mol. The van der Waals surface area contributed by atoms with E-state index >= 15 is 0 Å². The van der Waals surface area contributed by atoms with Gasteiger partial charge in [0, 0.05) is 0 Å². The maximum absolute atomic E-state index is 11.9. The van der Waals surface area contributed by atoms with Crippen LogP contribution in [-0.4, -0.2) is 43.2 Å². The first kappa shape index (κ1) is 11.8. The summed E-state index contributed by atoms with van der Waals surface area (Å²) in [6.07, 6.45) is -3.51. The van der Waals surface area contributed by atoms with E-state index in [0.29, 0.717) is 6.42 Å². The zero-order valence-corrected chi connectivity index (χ0v) is 7.80. The Morgan fingerprint density at radius 3 is 2.17 bits per heavy atom.